The molecule has 3 nitrogen and oxygen atoms in total. The van der Waals surface area contributed by atoms with E-state index in [0.717, 1.165) is 13.1 Å². The molecule has 132 valence electrons. The van der Waals surface area contributed by atoms with Gasteiger partial charge >= 0.3 is 0 Å². The van der Waals surface area contributed by atoms with Gasteiger partial charge in [-0.25, -0.2) is 0 Å². The first-order chi connectivity index (χ1) is 11.9. The van der Waals surface area contributed by atoms with Crippen molar-refractivity contribution in [2.45, 2.75) is 51.0 Å². The Kier molecular flexibility index (Phi) is 5.51. The minimum atomic E-state index is 0.590. The second-order valence-corrected chi connectivity index (χ2v) is 7.90. The summed E-state index contributed by atoms with van der Waals surface area (Å²) in [6, 6.07) is 8.02. The quantitative estimate of drug-likeness (QED) is 0.917. The Bertz CT molecular complexity index is 528. The number of fused-ring (bicyclic) bond motifs is 1. The lowest BCUT2D eigenvalue weighted by atomic mass is 9.99. The summed E-state index contributed by atoms with van der Waals surface area (Å²) in [4.78, 5) is 5.48. The molecule has 1 unspecified atom stereocenters. The summed E-state index contributed by atoms with van der Waals surface area (Å²) in [6.07, 6.45) is 9.53. The van der Waals surface area contributed by atoms with Gasteiger partial charge in [-0.15, -0.1) is 0 Å². The summed E-state index contributed by atoms with van der Waals surface area (Å²) >= 11 is 0. The van der Waals surface area contributed by atoms with E-state index < -0.39 is 0 Å². The number of nitrogens with zero attached hydrogens (tertiary/aromatic N) is 2. The van der Waals surface area contributed by atoms with Crippen molar-refractivity contribution in [2.75, 3.05) is 45.8 Å². The van der Waals surface area contributed by atoms with Crippen molar-refractivity contribution in [3.8, 4) is 0 Å². The summed E-state index contributed by atoms with van der Waals surface area (Å²) in [5.74, 6) is 0. The van der Waals surface area contributed by atoms with Gasteiger partial charge in [0.1, 0.15) is 0 Å². The van der Waals surface area contributed by atoms with E-state index in [4.69, 9.17) is 0 Å². The average Bonchev–Trinajstić information content (AvgIpc) is 2.93. The maximum Gasteiger partial charge on any atom is 0.0475 e. The van der Waals surface area contributed by atoms with Crippen LogP contribution in [-0.4, -0.2) is 55.6 Å². The first kappa shape index (κ1) is 16.6. The largest absolute Gasteiger partial charge is 0.314 e. The van der Waals surface area contributed by atoms with Gasteiger partial charge in [0, 0.05) is 38.8 Å². The molecule has 0 radical (unpaired) electrons. The predicted octanol–water partition coefficient (Wildman–Crippen LogP) is 3.00. The van der Waals surface area contributed by atoms with Gasteiger partial charge in [-0.1, -0.05) is 31.0 Å². The topological polar surface area (TPSA) is 18.5 Å². The number of aryl methyl sites for hydroxylation is 2. The molecule has 2 fully saturated rings. The first-order valence-electron chi connectivity index (χ1n) is 10.2. The van der Waals surface area contributed by atoms with Gasteiger partial charge < -0.3 is 5.32 Å². The maximum atomic E-state index is 3.50. The van der Waals surface area contributed by atoms with Gasteiger partial charge in [0.25, 0.3) is 0 Å². The minimum Gasteiger partial charge on any atom is -0.314 e. The molecule has 3 aliphatic rings. The highest BCUT2D eigenvalue weighted by molar-refractivity contribution is 5.36. The monoisotopic (exact) mass is 327 g/mol. The zero-order chi connectivity index (χ0) is 16.2. The van der Waals surface area contributed by atoms with Gasteiger partial charge in [0.05, 0.1) is 0 Å². The third kappa shape index (κ3) is 3.84. The fraction of sp³-hybridized carbons (Fsp3) is 0.714. The van der Waals surface area contributed by atoms with Crippen molar-refractivity contribution in [3.05, 3.63) is 34.9 Å². The second-order valence-electron chi connectivity index (χ2n) is 7.90. The molecule has 1 atom stereocenters. The highest BCUT2D eigenvalue weighted by Gasteiger charge is 2.25. The molecule has 0 bridgehead atoms. The molecule has 0 amide bonds. The smallest absolute Gasteiger partial charge is 0.0475 e. The average molecular weight is 328 g/mol. The van der Waals surface area contributed by atoms with Gasteiger partial charge in [-0.2, -0.15) is 0 Å². The van der Waals surface area contributed by atoms with Crippen LogP contribution in [0.2, 0.25) is 0 Å². The Morgan fingerprint density at radius 3 is 2.38 bits per heavy atom. The lowest BCUT2D eigenvalue weighted by Gasteiger charge is -2.37. The molecule has 2 aliphatic heterocycles. The molecular weight excluding hydrogens is 294 g/mol. The van der Waals surface area contributed by atoms with Crippen molar-refractivity contribution in [3.63, 3.8) is 0 Å². The molecule has 2 saturated heterocycles. The van der Waals surface area contributed by atoms with Crippen LogP contribution in [0, 0.1) is 0 Å². The van der Waals surface area contributed by atoms with Crippen LogP contribution in [0.1, 0.15) is 54.8 Å². The third-order valence-electron chi connectivity index (χ3n) is 6.23. The molecule has 4 rings (SSSR count). The molecule has 1 aromatic rings. The number of piperazine rings is 1. The molecule has 0 aromatic heterocycles. The number of hydrogen-bond acceptors (Lipinski definition) is 3. The Balaban J connectivity index is 1.56. The summed E-state index contributed by atoms with van der Waals surface area (Å²) < 4.78 is 0. The molecule has 1 aliphatic carbocycles. The molecule has 3 heteroatoms. The second kappa shape index (κ2) is 7.99. The van der Waals surface area contributed by atoms with Crippen LogP contribution in [0.4, 0.5) is 0 Å². The van der Waals surface area contributed by atoms with Crippen LogP contribution in [-0.2, 0) is 12.8 Å². The summed E-state index contributed by atoms with van der Waals surface area (Å²) in [7, 11) is 0. The van der Waals surface area contributed by atoms with Crippen molar-refractivity contribution >= 4 is 0 Å². The van der Waals surface area contributed by atoms with E-state index in [2.05, 4.69) is 33.3 Å². The number of rotatable bonds is 4. The van der Waals surface area contributed by atoms with Crippen LogP contribution in [0.25, 0.3) is 0 Å². The molecule has 2 heterocycles. The van der Waals surface area contributed by atoms with Crippen molar-refractivity contribution in [1.82, 2.24) is 15.1 Å². The van der Waals surface area contributed by atoms with E-state index >= 15 is 0 Å². The van der Waals surface area contributed by atoms with Crippen LogP contribution in [0.5, 0.6) is 0 Å². The first-order valence-corrected chi connectivity index (χ1v) is 10.2. The van der Waals surface area contributed by atoms with E-state index in [1.165, 1.54) is 77.7 Å². The zero-order valence-electron chi connectivity index (χ0n) is 15.1. The SMILES string of the molecule is c1cc2c(cc1C(CN1CCNCC1)N1CCCCCC1)CCC2. The molecule has 0 saturated carbocycles. The summed E-state index contributed by atoms with van der Waals surface area (Å²) in [5, 5.41) is 3.50. The van der Waals surface area contributed by atoms with Crippen molar-refractivity contribution in [2.24, 2.45) is 0 Å². The number of hydrogen-bond donors (Lipinski definition) is 1. The Labute approximate surface area is 147 Å². The summed E-state index contributed by atoms with van der Waals surface area (Å²) in [5.41, 5.74) is 4.82. The van der Waals surface area contributed by atoms with E-state index in [-0.39, 0.29) is 0 Å². The molecule has 1 N–H and O–H groups in total. The minimum absolute atomic E-state index is 0.590. The number of benzene rings is 1. The molecule has 1 aromatic carbocycles. The van der Waals surface area contributed by atoms with Crippen molar-refractivity contribution < 1.29 is 0 Å². The third-order valence-corrected chi connectivity index (χ3v) is 6.23. The van der Waals surface area contributed by atoms with Gasteiger partial charge in [0.15, 0.2) is 0 Å². The highest BCUT2D eigenvalue weighted by atomic mass is 15.2. The van der Waals surface area contributed by atoms with E-state index in [1.807, 2.05) is 0 Å². The summed E-state index contributed by atoms with van der Waals surface area (Å²) in [6.45, 7) is 8.49. The Morgan fingerprint density at radius 1 is 0.833 bits per heavy atom. The maximum absolute atomic E-state index is 3.50. The van der Waals surface area contributed by atoms with Crippen LogP contribution >= 0.6 is 0 Å². The Hall–Kier alpha value is -0.900. The standard InChI is InChI=1S/C21H33N3/c1-2-4-13-24(12-3-1)21(17-23-14-10-22-11-15-23)20-9-8-18-6-5-7-19(18)16-20/h8-9,16,21-22H,1-7,10-15,17H2. The van der Waals surface area contributed by atoms with E-state index in [0.29, 0.717) is 6.04 Å². The lowest BCUT2D eigenvalue weighted by Crippen LogP contribution is -2.47. The number of nitrogens with one attached hydrogen (secondary N) is 1. The molecular formula is C21H33N3. The normalized spacial score (nSPS) is 24.5. The predicted molar refractivity (Wildman–Crippen MR) is 101 cm³/mol. The molecule has 24 heavy (non-hydrogen) atoms. The number of likely N-dealkylation sites (tertiary alicyclic amines) is 1. The van der Waals surface area contributed by atoms with E-state index in [1.54, 1.807) is 16.7 Å². The van der Waals surface area contributed by atoms with Crippen molar-refractivity contribution in [1.29, 1.82) is 0 Å². The lowest BCUT2D eigenvalue weighted by molar-refractivity contribution is 0.132. The van der Waals surface area contributed by atoms with Gasteiger partial charge in [-0.05, 0) is 61.9 Å². The fourth-order valence-corrected chi connectivity index (χ4v) is 4.78. The highest BCUT2D eigenvalue weighted by Crippen LogP contribution is 2.30. The zero-order valence-corrected chi connectivity index (χ0v) is 15.1. The van der Waals surface area contributed by atoms with Gasteiger partial charge in [0.2, 0.25) is 0 Å². The Morgan fingerprint density at radius 2 is 1.58 bits per heavy atom. The van der Waals surface area contributed by atoms with Crippen LogP contribution < -0.4 is 5.32 Å². The molecule has 0 spiro atoms. The van der Waals surface area contributed by atoms with E-state index in [9.17, 15) is 0 Å². The van der Waals surface area contributed by atoms with Crippen LogP contribution in [0.15, 0.2) is 18.2 Å². The van der Waals surface area contributed by atoms with Crippen LogP contribution in [0.3, 0.4) is 0 Å². The van der Waals surface area contributed by atoms with Gasteiger partial charge in [-0.3, -0.25) is 9.80 Å². The fourth-order valence-electron chi connectivity index (χ4n) is 4.78.